The number of aromatic nitrogens is 2. The van der Waals surface area contributed by atoms with E-state index in [0.717, 1.165) is 27.8 Å². The molecule has 0 saturated carbocycles. The van der Waals surface area contributed by atoms with Crippen LogP contribution in [0.4, 0.5) is 0 Å². The fourth-order valence-corrected chi connectivity index (χ4v) is 4.02. The van der Waals surface area contributed by atoms with E-state index in [0.29, 0.717) is 5.56 Å². The summed E-state index contributed by atoms with van der Waals surface area (Å²) < 4.78 is 0.900. The molecule has 3 aromatic carbocycles. The van der Waals surface area contributed by atoms with Crippen LogP contribution in [0, 0.1) is 0 Å². The van der Waals surface area contributed by atoms with Gasteiger partial charge in [0, 0.05) is 10.9 Å². The minimum absolute atomic E-state index is 0.183. The molecule has 4 aromatic rings. The van der Waals surface area contributed by atoms with Crippen molar-refractivity contribution < 1.29 is 14.7 Å². The number of fused-ring (bicyclic) bond motifs is 4. The molecule has 0 N–H and O–H groups in total. The van der Waals surface area contributed by atoms with Gasteiger partial charge in [0.2, 0.25) is 0 Å². The Morgan fingerprint density at radius 1 is 0.900 bits per heavy atom. The van der Waals surface area contributed by atoms with E-state index in [2.05, 4.69) is 11.2 Å². The first-order chi connectivity index (χ1) is 14.5. The second-order valence-corrected chi connectivity index (χ2v) is 7.27. The van der Waals surface area contributed by atoms with Crippen LogP contribution in [0.1, 0.15) is 32.0 Å². The molecule has 30 heavy (non-hydrogen) atoms. The first kappa shape index (κ1) is 18.0. The third kappa shape index (κ3) is 2.81. The molecule has 1 heterocycles. The predicted molar refractivity (Wildman–Crippen MR) is 109 cm³/mol. The van der Waals surface area contributed by atoms with E-state index in [-0.39, 0.29) is 28.8 Å². The van der Waals surface area contributed by atoms with Crippen LogP contribution in [0.5, 0.6) is 0 Å². The SMILES string of the molecule is O=C(Cn1nc(C(=O)[O-])c2ccccc2c1=O)c1ccc2c(c1)-c1ccccc1C2. The summed E-state index contributed by atoms with van der Waals surface area (Å²) in [6.45, 7) is -0.357. The zero-order valence-corrected chi connectivity index (χ0v) is 15.8. The van der Waals surface area contributed by atoms with Crippen LogP contribution in [0.3, 0.4) is 0 Å². The van der Waals surface area contributed by atoms with Gasteiger partial charge >= 0.3 is 0 Å². The number of rotatable bonds is 4. The molecule has 6 heteroatoms. The van der Waals surface area contributed by atoms with Crippen molar-refractivity contribution in [1.82, 2.24) is 9.78 Å². The lowest BCUT2D eigenvalue weighted by Crippen LogP contribution is -2.32. The molecule has 1 aliphatic rings. The van der Waals surface area contributed by atoms with E-state index in [9.17, 15) is 19.5 Å². The van der Waals surface area contributed by atoms with Crippen molar-refractivity contribution >= 4 is 22.5 Å². The number of nitrogens with zero attached hydrogens (tertiary/aromatic N) is 2. The molecule has 0 fully saturated rings. The van der Waals surface area contributed by atoms with Crippen molar-refractivity contribution in [2.45, 2.75) is 13.0 Å². The molecular weight excluding hydrogens is 380 g/mol. The molecule has 0 aliphatic heterocycles. The highest BCUT2D eigenvalue weighted by atomic mass is 16.4. The van der Waals surface area contributed by atoms with Gasteiger partial charge < -0.3 is 9.90 Å². The summed E-state index contributed by atoms with van der Waals surface area (Å²) in [4.78, 5) is 37.2. The number of Topliss-reactive ketones (excluding diaryl/α,β-unsaturated/α-hetero) is 1. The number of benzene rings is 3. The summed E-state index contributed by atoms with van der Waals surface area (Å²) in [6, 6.07) is 19.8. The number of ketones is 1. The van der Waals surface area contributed by atoms with E-state index in [4.69, 9.17) is 0 Å². The summed E-state index contributed by atoms with van der Waals surface area (Å²) >= 11 is 0. The number of carboxylic acid groups (broad SMARTS) is 1. The number of carbonyl (C=O) groups excluding carboxylic acids is 2. The fourth-order valence-electron chi connectivity index (χ4n) is 4.02. The van der Waals surface area contributed by atoms with E-state index in [1.807, 2.05) is 30.3 Å². The van der Waals surface area contributed by atoms with Crippen LogP contribution in [0.25, 0.3) is 21.9 Å². The average molecular weight is 395 g/mol. The van der Waals surface area contributed by atoms with Gasteiger partial charge in [0.1, 0.15) is 12.2 Å². The Hall–Kier alpha value is -4.06. The van der Waals surface area contributed by atoms with E-state index >= 15 is 0 Å². The standard InChI is InChI=1S/C24H16N2O4/c27-21(16-10-9-15-11-14-5-1-2-6-17(14)20(15)12-16)13-26-23(28)19-8-4-3-7-18(19)22(25-26)24(29)30/h1-10,12H,11,13H2,(H,29,30)/p-1. The van der Waals surface area contributed by atoms with E-state index < -0.39 is 11.5 Å². The van der Waals surface area contributed by atoms with Crippen molar-refractivity contribution in [2.24, 2.45) is 0 Å². The summed E-state index contributed by atoms with van der Waals surface area (Å²) in [5, 5.41) is 15.8. The van der Waals surface area contributed by atoms with Crippen LogP contribution in [0.2, 0.25) is 0 Å². The molecule has 146 valence electrons. The van der Waals surface area contributed by atoms with Gasteiger partial charge in [-0.25, -0.2) is 4.68 Å². The van der Waals surface area contributed by atoms with Crippen molar-refractivity contribution in [1.29, 1.82) is 0 Å². The van der Waals surface area contributed by atoms with Crippen molar-refractivity contribution in [2.75, 3.05) is 0 Å². The molecule has 1 aliphatic carbocycles. The lowest BCUT2D eigenvalue weighted by Gasteiger charge is -2.11. The highest BCUT2D eigenvalue weighted by molar-refractivity contribution is 6.01. The third-order valence-corrected chi connectivity index (χ3v) is 5.47. The fraction of sp³-hybridized carbons (Fsp3) is 0.0833. The van der Waals surface area contributed by atoms with Gasteiger partial charge in [-0.05, 0) is 40.8 Å². The number of carbonyl (C=O) groups is 2. The molecule has 0 unspecified atom stereocenters. The molecule has 0 radical (unpaired) electrons. The zero-order chi connectivity index (χ0) is 20.8. The lowest BCUT2D eigenvalue weighted by atomic mass is 10.0. The second kappa shape index (κ2) is 6.77. The molecule has 6 nitrogen and oxygen atoms in total. The van der Waals surface area contributed by atoms with Gasteiger partial charge in [-0.15, -0.1) is 0 Å². The van der Waals surface area contributed by atoms with Gasteiger partial charge in [-0.2, -0.15) is 5.10 Å². The van der Waals surface area contributed by atoms with Crippen molar-refractivity contribution in [3.8, 4) is 11.1 Å². The van der Waals surface area contributed by atoms with Crippen LogP contribution in [-0.2, 0) is 13.0 Å². The largest absolute Gasteiger partial charge is 0.543 e. The maximum absolute atomic E-state index is 12.9. The molecule has 0 amide bonds. The van der Waals surface area contributed by atoms with Gasteiger partial charge in [0.25, 0.3) is 5.56 Å². The van der Waals surface area contributed by atoms with Crippen LogP contribution in [0.15, 0.2) is 71.5 Å². The van der Waals surface area contributed by atoms with Gasteiger partial charge in [0.15, 0.2) is 5.78 Å². The predicted octanol–water partition coefficient (Wildman–Crippen LogP) is 2.21. The Labute approximate surface area is 171 Å². The lowest BCUT2D eigenvalue weighted by molar-refractivity contribution is -0.255. The second-order valence-electron chi connectivity index (χ2n) is 7.27. The highest BCUT2D eigenvalue weighted by Crippen LogP contribution is 2.36. The first-order valence-electron chi connectivity index (χ1n) is 9.48. The zero-order valence-electron chi connectivity index (χ0n) is 15.8. The number of aromatic carboxylic acids is 1. The third-order valence-electron chi connectivity index (χ3n) is 5.47. The Morgan fingerprint density at radius 3 is 2.40 bits per heavy atom. The Bertz CT molecular complexity index is 1420. The topological polar surface area (TPSA) is 92.1 Å². The van der Waals surface area contributed by atoms with Crippen LogP contribution in [-0.4, -0.2) is 21.5 Å². The smallest absolute Gasteiger partial charge is 0.275 e. The monoisotopic (exact) mass is 395 g/mol. The Balaban J connectivity index is 1.55. The molecule has 0 atom stereocenters. The minimum atomic E-state index is -1.50. The summed E-state index contributed by atoms with van der Waals surface area (Å²) in [7, 11) is 0. The number of carboxylic acids is 1. The van der Waals surface area contributed by atoms with Crippen molar-refractivity contribution in [3.63, 3.8) is 0 Å². The molecular formula is C24H15N2O4-. The summed E-state index contributed by atoms with van der Waals surface area (Å²) in [6.07, 6.45) is 0.820. The average Bonchev–Trinajstić information content (AvgIpc) is 3.13. The molecule has 5 rings (SSSR count). The Kier molecular flexibility index (Phi) is 4.06. The summed E-state index contributed by atoms with van der Waals surface area (Å²) in [5.41, 5.74) is 4.03. The van der Waals surface area contributed by atoms with Gasteiger partial charge in [-0.3, -0.25) is 9.59 Å². The number of hydrogen-bond acceptors (Lipinski definition) is 5. The maximum Gasteiger partial charge on any atom is 0.275 e. The molecule has 0 spiro atoms. The Morgan fingerprint density at radius 2 is 1.60 bits per heavy atom. The van der Waals surface area contributed by atoms with E-state index in [1.165, 1.54) is 17.7 Å². The quantitative estimate of drug-likeness (QED) is 0.435. The number of hydrogen-bond donors (Lipinski definition) is 0. The minimum Gasteiger partial charge on any atom is -0.543 e. The van der Waals surface area contributed by atoms with Crippen molar-refractivity contribution in [3.05, 3.63) is 99.5 Å². The maximum atomic E-state index is 12.9. The summed E-state index contributed by atoms with van der Waals surface area (Å²) in [5.74, 6) is -1.82. The molecule has 1 aromatic heterocycles. The van der Waals surface area contributed by atoms with Gasteiger partial charge in [0.05, 0.1) is 11.4 Å². The normalized spacial score (nSPS) is 11.9. The van der Waals surface area contributed by atoms with Crippen LogP contribution < -0.4 is 10.7 Å². The first-order valence-corrected chi connectivity index (χ1v) is 9.48. The van der Waals surface area contributed by atoms with E-state index in [1.54, 1.807) is 18.2 Å². The van der Waals surface area contributed by atoms with Crippen LogP contribution >= 0.6 is 0 Å². The molecule has 0 bridgehead atoms. The van der Waals surface area contributed by atoms with Gasteiger partial charge in [-0.1, -0.05) is 54.6 Å². The molecule has 0 saturated heterocycles. The highest BCUT2D eigenvalue weighted by Gasteiger charge is 2.20.